The van der Waals surface area contributed by atoms with Gasteiger partial charge < -0.3 is 9.64 Å². The number of carbonyl (C=O) groups excluding carboxylic acids is 1. The predicted molar refractivity (Wildman–Crippen MR) is 117 cm³/mol. The molecule has 0 aliphatic carbocycles. The highest BCUT2D eigenvalue weighted by atomic mass is 32.2. The Hall–Kier alpha value is -2.38. The van der Waals surface area contributed by atoms with Gasteiger partial charge in [0.2, 0.25) is 10.0 Å². The van der Waals surface area contributed by atoms with Crippen molar-refractivity contribution < 1.29 is 17.9 Å². The molecule has 0 radical (unpaired) electrons. The molecule has 6 nitrogen and oxygen atoms in total. The van der Waals surface area contributed by atoms with Crippen LogP contribution in [0.25, 0.3) is 0 Å². The van der Waals surface area contributed by atoms with Gasteiger partial charge >= 0.3 is 0 Å². The molecule has 0 N–H and O–H groups in total. The standard InChI is InChI=1S/C23H30N2O4S/c1-16-6-8-21(9-7-16)29-15-22(26)24-10-12-25(13-11-24)30(27,28)23-19(4)17(2)14-18(3)20(23)5/h6-9,14H,10-13,15H2,1-5H3. The average molecular weight is 431 g/mol. The molecule has 30 heavy (non-hydrogen) atoms. The lowest BCUT2D eigenvalue weighted by Crippen LogP contribution is -2.51. The van der Waals surface area contributed by atoms with Crippen molar-refractivity contribution in [3.8, 4) is 5.75 Å². The Morgan fingerprint density at radius 2 is 1.43 bits per heavy atom. The van der Waals surface area contributed by atoms with Gasteiger partial charge in [0, 0.05) is 26.2 Å². The molecule has 1 heterocycles. The van der Waals surface area contributed by atoms with Gasteiger partial charge in [0.1, 0.15) is 5.75 Å². The average Bonchev–Trinajstić information content (AvgIpc) is 2.72. The molecule has 0 bridgehead atoms. The zero-order valence-corrected chi connectivity index (χ0v) is 19.2. The van der Waals surface area contributed by atoms with Crippen LogP contribution in [0.3, 0.4) is 0 Å². The Labute approximate surface area is 179 Å². The van der Waals surface area contributed by atoms with Gasteiger partial charge in [-0.3, -0.25) is 4.79 Å². The Morgan fingerprint density at radius 1 is 0.900 bits per heavy atom. The van der Waals surface area contributed by atoms with E-state index in [0.717, 1.165) is 27.8 Å². The van der Waals surface area contributed by atoms with Gasteiger partial charge in [-0.1, -0.05) is 23.8 Å². The normalized spacial score (nSPS) is 15.3. The van der Waals surface area contributed by atoms with Crippen LogP contribution in [-0.2, 0) is 14.8 Å². The quantitative estimate of drug-likeness (QED) is 0.731. The fourth-order valence-corrected chi connectivity index (χ4v) is 5.74. The third kappa shape index (κ3) is 4.52. The number of amides is 1. The zero-order valence-electron chi connectivity index (χ0n) is 18.4. The molecule has 0 unspecified atom stereocenters. The van der Waals surface area contributed by atoms with Gasteiger partial charge in [-0.25, -0.2) is 8.42 Å². The molecular formula is C23H30N2O4S. The van der Waals surface area contributed by atoms with E-state index >= 15 is 0 Å². The van der Waals surface area contributed by atoms with Crippen LogP contribution < -0.4 is 4.74 Å². The number of hydrogen-bond acceptors (Lipinski definition) is 4. The molecule has 0 atom stereocenters. The molecule has 1 amide bonds. The van der Waals surface area contributed by atoms with E-state index in [-0.39, 0.29) is 25.6 Å². The minimum absolute atomic E-state index is 0.0505. The van der Waals surface area contributed by atoms with Crippen LogP contribution in [0.4, 0.5) is 0 Å². The van der Waals surface area contributed by atoms with Crippen molar-refractivity contribution in [2.75, 3.05) is 32.8 Å². The van der Waals surface area contributed by atoms with E-state index in [4.69, 9.17) is 4.74 Å². The Bertz CT molecular complexity index is 1010. The molecule has 2 aromatic carbocycles. The fourth-order valence-electron chi connectivity index (χ4n) is 3.75. The summed E-state index contributed by atoms with van der Waals surface area (Å²) < 4.78 is 33.8. The lowest BCUT2D eigenvalue weighted by atomic mass is 10.0. The number of sulfonamides is 1. The highest BCUT2D eigenvalue weighted by Gasteiger charge is 2.32. The molecular weight excluding hydrogens is 400 g/mol. The van der Waals surface area contributed by atoms with E-state index in [9.17, 15) is 13.2 Å². The first-order chi connectivity index (χ1) is 14.1. The van der Waals surface area contributed by atoms with Gasteiger partial charge in [0.25, 0.3) is 5.91 Å². The zero-order chi connectivity index (χ0) is 22.1. The number of benzene rings is 2. The number of rotatable bonds is 5. The number of piperazine rings is 1. The van der Waals surface area contributed by atoms with Crippen LogP contribution in [0.1, 0.15) is 27.8 Å². The van der Waals surface area contributed by atoms with Gasteiger partial charge in [-0.2, -0.15) is 4.31 Å². The Kier molecular flexibility index (Phi) is 6.53. The van der Waals surface area contributed by atoms with Crippen molar-refractivity contribution in [1.29, 1.82) is 0 Å². The molecule has 2 aromatic rings. The van der Waals surface area contributed by atoms with E-state index in [2.05, 4.69) is 0 Å². The number of ether oxygens (including phenoxy) is 1. The molecule has 7 heteroatoms. The van der Waals surface area contributed by atoms with Crippen molar-refractivity contribution in [1.82, 2.24) is 9.21 Å². The maximum Gasteiger partial charge on any atom is 0.260 e. The van der Waals surface area contributed by atoms with Crippen LogP contribution in [0, 0.1) is 34.6 Å². The molecule has 0 saturated carbocycles. The highest BCUT2D eigenvalue weighted by molar-refractivity contribution is 7.89. The number of carbonyl (C=O) groups is 1. The summed E-state index contributed by atoms with van der Waals surface area (Å²) in [6, 6.07) is 9.55. The molecule has 0 aromatic heterocycles. The van der Waals surface area contributed by atoms with Crippen LogP contribution in [0.15, 0.2) is 35.2 Å². The number of hydrogen-bond donors (Lipinski definition) is 0. The highest BCUT2D eigenvalue weighted by Crippen LogP contribution is 2.29. The smallest absolute Gasteiger partial charge is 0.260 e. The summed E-state index contributed by atoms with van der Waals surface area (Å²) in [5.74, 6) is 0.516. The second-order valence-electron chi connectivity index (χ2n) is 7.98. The summed E-state index contributed by atoms with van der Waals surface area (Å²) in [4.78, 5) is 14.6. The first-order valence-electron chi connectivity index (χ1n) is 10.2. The van der Waals surface area contributed by atoms with Crippen molar-refractivity contribution in [2.45, 2.75) is 39.5 Å². The second-order valence-corrected chi connectivity index (χ2v) is 9.85. The molecule has 3 rings (SSSR count). The first-order valence-corrected chi connectivity index (χ1v) is 11.6. The summed E-state index contributed by atoms with van der Waals surface area (Å²) in [5.41, 5.74) is 4.66. The topological polar surface area (TPSA) is 66.9 Å². The number of aryl methyl sites for hydroxylation is 3. The Balaban J connectivity index is 1.65. The molecule has 1 saturated heterocycles. The second kappa shape index (κ2) is 8.78. The van der Waals surface area contributed by atoms with Gasteiger partial charge in [0.15, 0.2) is 6.61 Å². The minimum Gasteiger partial charge on any atom is -0.484 e. The first kappa shape index (κ1) is 22.3. The van der Waals surface area contributed by atoms with Crippen LogP contribution >= 0.6 is 0 Å². The fraction of sp³-hybridized carbons (Fsp3) is 0.435. The SMILES string of the molecule is Cc1ccc(OCC(=O)N2CCN(S(=O)(=O)c3c(C)c(C)cc(C)c3C)CC2)cc1. The van der Waals surface area contributed by atoms with E-state index in [1.54, 1.807) is 4.90 Å². The Morgan fingerprint density at radius 3 is 1.97 bits per heavy atom. The van der Waals surface area contributed by atoms with Crippen LogP contribution in [0.5, 0.6) is 5.75 Å². The summed E-state index contributed by atoms with van der Waals surface area (Å²) in [5, 5.41) is 0. The number of nitrogens with zero attached hydrogens (tertiary/aromatic N) is 2. The van der Waals surface area contributed by atoms with Gasteiger partial charge in [0.05, 0.1) is 4.90 Å². The van der Waals surface area contributed by atoms with Gasteiger partial charge in [-0.05, 0) is 69.0 Å². The largest absolute Gasteiger partial charge is 0.484 e. The van der Waals surface area contributed by atoms with E-state index in [0.29, 0.717) is 23.7 Å². The molecule has 0 spiro atoms. The molecule has 1 fully saturated rings. The summed E-state index contributed by atoms with van der Waals surface area (Å²) in [6.07, 6.45) is 0. The summed E-state index contributed by atoms with van der Waals surface area (Å²) in [6.45, 7) is 10.8. The monoisotopic (exact) mass is 430 g/mol. The minimum atomic E-state index is -3.61. The van der Waals surface area contributed by atoms with Crippen molar-refractivity contribution >= 4 is 15.9 Å². The van der Waals surface area contributed by atoms with E-state index < -0.39 is 10.0 Å². The molecule has 1 aliphatic heterocycles. The molecule has 1 aliphatic rings. The maximum atomic E-state index is 13.3. The van der Waals surface area contributed by atoms with E-state index in [1.165, 1.54) is 4.31 Å². The van der Waals surface area contributed by atoms with E-state index in [1.807, 2.05) is 65.0 Å². The predicted octanol–water partition coefficient (Wildman–Crippen LogP) is 3.14. The van der Waals surface area contributed by atoms with Crippen molar-refractivity contribution in [2.24, 2.45) is 0 Å². The summed E-state index contributed by atoms with van der Waals surface area (Å²) >= 11 is 0. The maximum absolute atomic E-state index is 13.3. The molecule has 162 valence electrons. The lowest BCUT2D eigenvalue weighted by molar-refractivity contribution is -0.134. The summed E-state index contributed by atoms with van der Waals surface area (Å²) in [7, 11) is -3.61. The van der Waals surface area contributed by atoms with Crippen LogP contribution in [0.2, 0.25) is 0 Å². The van der Waals surface area contributed by atoms with Crippen LogP contribution in [-0.4, -0.2) is 56.3 Å². The van der Waals surface area contributed by atoms with Gasteiger partial charge in [-0.15, -0.1) is 0 Å². The van der Waals surface area contributed by atoms with Crippen molar-refractivity contribution in [3.05, 3.63) is 58.1 Å². The van der Waals surface area contributed by atoms with Crippen molar-refractivity contribution in [3.63, 3.8) is 0 Å². The third-order valence-electron chi connectivity index (χ3n) is 5.87. The third-order valence-corrected chi connectivity index (χ3v) is 8.04. The lowest BCUT2D eigenvalue weighted by Gasteiger charge is -2.34.